The van der Waals surface area contributed by atoms with Gasteiger partial charge in [0.15, 0.2) is 12.1 Å². The summed E-state index contributed by atoms with van der Waals surface area (Å²) in [7, 11) is 0. The van der Waals surface area contributed by atoms with Crippen LogP contribution < -0.4 is 0 Å². The SMILES string of the molecule is C[C@]1(C2OCCO2)CCC2C(CCC3=CC(=O)CC[C@@]32C)C1CC#N. The molecule has 3 aliphatic carbocycles. The normalized spacial score (nSPS) is 44.6. The first-order valence-corrected chi connectivity index (χ1v) is 9.83. The van der Waals surface area contributed by atoms with Crippen molar-refractivity contribution in [3.63, 3.8) is 0 Å². The van der Waals surface area contributed by atoms with E-state index in [9.17, 15) is 10.1 Å². The van der Waals surface area contributed by atoms with E-state index in [0.717, 1.165) is 32.1 Å². The fourth-order valence-electron chi connectivity index (χ4n) is 6.42. The van der Waals surface area contributed by atoms with E-state index in [1.165, 1.54) is 5.57 Å². The molecule has 2 saturated carbocycles. The highest BCUT2D eigenvalue weighted by molar-refractivity contribution is 5.91. The zero-order valence-corrected chi connectivity index (χ0v) is 15.4. The van der Waals surface area contributed by atoms with Gasteiger partial charge < -0.3 is 9.47 Å². The van der Waals surface area contributed by atoms with Crippen LogP contribution in [0.1, 0.15) is 58.8 Å². The number of nitrogens with zero attached hydrogens (tertiary/aromatic N) is 1. The minimum Gasteiger partial charge on any atom is -0.350 e. The molecule has 136 valence electrons. The molecule has 4 heteroatoms. The van der Waals surface area contributed by atoms with E-state index in [-0.39, 0.29) is 17.1 Å². The van der Waals surface area contributed by atoms with Crippen molar-refractivity contribution in [2.24, 2.45) is 28.6 Å². The van der Waals surface area contributed by atoms with Crippen LogP contribution in [0.15, 0.2) is 11.6 Å². The predicted molar refractivity (Wildman–Crippen MR) is 93.4 cm³/mol. The van der Waals surface area contributed by atoms with E-state index in [1.54, 1.807) is 0 Å². The van der Waals surface area contributed by atoms with Crippen LogP contribution in [-0.4, -0.2) is 25.3 Å². The number of rotatable bonds is 2. The quantitative estimate of drug-likeness (QED) is 0.760. The number of carbonyl (C=O) groups is 1. The van der Waals surface area contributed by atoms with Crippen LogP contribution in [0.4, 0.5) is 0 Å². The molecule has 0 N–H and O–H groups in total. The van der Waals surface area contributed by atoms with E-state index in [0.29, 0.717) is 49.6 Å². The molecule has 0 radical (unpaired) electrons. The molecule has 3 unspecified atom stereocenters. The first-order valence-electron chi connectivity index (χ1n) is 9.83. The fraction of sp³-hybridized carbons (Fsp3) is 0.810. The van der Waals surface area contributed by atoms with Gasteiger partial charge in [0.2, 0.25) is 0 Å². The zero-order valence-electron chi connectivity index (χ0n) is 15.4. The Morgan fingerprint density at radius 2 is 1.96 bits per heavy atom. The summed E-state index contributed by atoms with van der Waals surface area (Å²) >= 11 is 0. The zero-order chi connectivity index (χ0) is 17.7. The number of allylic oxidation sites excluding steroid dienone is 2. The van der Waals surface area contributed by atoms with Gasteiger partial charge in [-0.15, -0.1) is 0 Å². The monoisotopic (exact) mass is 343 g/mol. The van der Waals surface area contributed by atoms with E-state index in [1.807, 2.05) is 6.08 Å². The van der Waals surface area contributed by atoms with E-state index in [2.05, 4.69) is 19.9 Å². The number of hydrogen-bond acceptors (Lipinski definition) is 4. The van der Waals surface area contributed by atoms with Crippen LogP contribution in [0, 0.1) is 39.9 Å². The van der Waals surface area contributed by atoms with Gasteiger partial charge in [-0.2, -0.15) is 5.26 Å². The molecule has 5 atom stereocenters. The Bertz CT molecular complexity index is 630. The van der Waals surface area contributed by atoms with Crippen LogP contribution in [0.2, 0.25) is 0 Å². The maximum absolute atomic E-state index is 11.9. The van der Waals surface area contributed by atoms with Gasteiger partial charge in [0, 0.05) is 18.3 Å². The van der Waals surface area contributed by atoms with Gasteiger partial charge in [0.25, 0.3) is 0 Å². The predicted octanol–water partition coefficient (Wildman–Crippen LogP) is 4.01. The highest BCUT2D eigenvalue weighted by Crippen LogP contribution is 2.63. The molecule has 0 aromatic heterocycles. The van der Waals surface area contributed by atoms with Crippen molar-refractivity contribution in [3.05, 3.63) is 11.6 Å². The van der Waals surface area contributed by atoms with Crippen LogP contribution in [0.3, 0.4) is 0 Å². The van der Waals surface area contributed by atoms with Crippen LogP contribution in [-0.2, 0) is 14.3 Å². The third-order valence-electron chi connectivity index (χ3n) is 7.87. The van der Waals surface area contributed by atoms with E-state index < -0.39 is 0 Å². The van der Waals surface area contributed by atoms with Gasteiger partial charge >= 0.3 is 0 Å². The number of nitriles is 1. The molecule has 0 bridgehead atoms. The Kier molecular flexibility index (Phi) is 4.29. The highest BCUT2D eigenvalue weighted by atomic mass is 16.7. The Morgan fingerprint density at radius 1 is 1.20 bits per heavy atom. The lowest BCUT2D eigenvalue weighted by atomic mass is 9.46. The lowest BCUT2D eigenvalue weighted by molar-refractivity contribution is -0.188. The second-order valence-corrected chi connectivity index (χ2v) is 8.95. The first-order chi connectivity index (χ1) is 12.0. The molecule has 1 heterocycles. The van der Waals surface area contributed by atoms with E-state index in [4.69, 9.17) is 9.47 Å². The van der Waals surface area contributed by atoms with Crippen molar-refractivity contribution in [2.75, 3.05) is 13.2 Å². The summed E-state index contributed by atoms with van der Waals surface area (Å²) in [6.45, 7) is 5.98. The lowest BCUT2D eigenvalue weighted by Crippen LogP contribution is -2.54. The molecule has 25 heavy (non-hydrogen) atoms. The Labute approximate surface area is 150 Å². The molecule has 0 spiro atoms. The number of ketones is 1. The summed E-state index contributed by atoms with van der Waals surface area (Å²) in [5, 5.41) is 9.53. The molecular formula is C21H29NO3. The highest BCUT2D eigenvalue weighted by Gasteiger charge is 2.57. The van der Waals surface area contributed by atoms with E-state index >= 15 is 0 Å². The van der Waals surface area contributed by atoms with Crippen molar-refractivity contribution in [1.82, 2.24) is 0 Å². The van der Waals surface area contributed by atoms with Gasteiger partial charge in [0.1, 0.15) is 0 Å². The summed E-state index contributed by atoms with van der Waals surface area (Å²) in [6.07, 6.45) is 8.30. The smallest absolute Gasteiger partial charge is 0.163 e. The van der Waals surface area contributed by atoms with Crippen molar-refractivity contribution in [1.29, 1.82) is 5.26 Å². The van der Waals surface area contributed by atoms with Crippen LogP contribution in [0.25, 0.3) is 0 Å². The maximum atomic E-state index is 11.9. The largest absolute Gasteiger partial charge is 0.350 e. The third kappa shape index (κ3) is 2.59. The Balaban J connectivity index is 1.67. The number of carbonyl (C=O) groups excluding carboxylic acids is 1. The number of fused-ring (bicyclic) bond motifs is 3. The van der Waals surface area contributed by atoms with Crippen molar-refractivity contribution >= 4 is 5.78 Å². The average Bonchev–Trinajstić information content (AvgIpc) is 3.13. The van der Waals surface area contributed by atoms with Gasteiger partial charge in [-0.3, -0.25) is 4.79 Å². The summed E-state index contributed by atoms with van der Waals surface area (Å²) in [5.74, 6) is 1.72. The topological polar surface area (TPSA) is 59.3 Å². The fourth-order valence-corrected chi connectivity index (χ4v) is 6.42. The molecule has 0 aromatic rings. The Hall–Kier alpha value is -1.18. The summed E-state index contributed by atoms with van der Waals surface area (Å²) in [6, 6.07) is 2.46. The van der Waals surface area contributed by atoms with Crippen molar-refractivity contribution in [2.45, 2.75) is 65.1 Å². The van der Waals surface area contributed by atoms with Gasteiger partial charge in [-0.1, -0.05) is 19.4 Å². The summed E-state index contributed by atoms with van der Waals surface area (Å²) in [4.78, 5) is 11.9. The number of ether oxygens (including phenoxy) is 2. The molecule has 4 rings (SSSR count). The van der Waals surface area contributed by atoms with Crippen molar-refractivity contribution in [3.8, 4) is 6.07 Å². The molecule has 4 aliphatic rings. The molecule has 4 nitrogen and oxygen atoms in total. The molecule has 0 amide bonds. The van der Waals surface area contributed by atoms with Gasteiger partial charge in [-0.05, 0) is 61.3 Å². The third-order valence-corrected chi connectivity index (χ3v) is 7.87. The molecule has 3 fully saturated rings. The average molecular weight is 343 g/mol. The minimum absolute atomic E-state index is 0.0739. The molecular weight excluding hydrogens is 314 g/mol. The second-order valence-electron chi connectivity index (χ2n) is 8.95. The Morgan fingerprint density at radius 3 is 2.68 bits per heavy atom. The molecule has 1 aliphatic heterocycles. The standard InChI is InChI=1S/C21H29NO3/c1-20-8-5-15(23)13-14(20)3-4-16-17(20)6-9-21(2,18(16)7-10-22)19-24-11-12-25-19/h13,16-19H,3-9,11-12H2,1-2H3/t16?,17?,18?,20-,21-/m0/s1. The number of hydrogen-bond donors (Lipinski definition) is 0. The minimum atomic E-state index is -0.163. The summed E-state index contributed by atoms with van der Waals surface area (Å²) in [5.41, 5.74) is 1.44. The maximum Gasteiger partial charge on any atom is 0.163 e. The summed E-state index contributed by atoms with van der Waals surface area (Å²) < 4.78 is 11.8. The molecule has 1 saturated heterocycles. The molecule has 0 aromatic carbocycles. The first kappa shape index (κ1) is 17.2. The van der Waals surface area contributed by atoms with Gasteiger partial charge in [-0.25, -0.2) is 0 Å². The van der Waals surface area contributed by atoms with Crippen LogP contribution in [0.5, 0.6) is 0 Å². The van der Waals surface area contributed by atoms with Gasteiger partial charge in [0.05, 0.1) is 19.3 Å². The lowest BCUT2D eigenvalue weighted by Gasteiger charge is -2.59. The van der Waals surface area contributed by atoms with Crippen molar-refractivity contribution < 1.29 is 14.3 Å². The van der Waals surface area contributed by atoms with Crippen LogP contribution >= 0.6 is 0 Å². The second kappa shape index (κ2) is 6.21.